The summed E-state index contributed by atoms with van der Waals surface area (Å²) in [5.74, 6) is -0.341. The maximum absolute atomic E-state index is 14.0. The van der Waals surface area contributed by atoms with Crippen molar-refractivity contribution in [1.29, 1.82) is 0 Å². The lowest BCUT2D eigenvalue weighted by Gasteiger charge is -2.32. The minimum absolute atomic E-state index is 0.106. The van der Waals surface area contributed by atoms with Crippen LogP contribution in [0.5, 0.6) is 5.75 Å². The zero-order valence-electron chi connectivity index (χ0n) is 20.0. The third-order valence-corrected chi connectivity index (χ3v) is 9.61. The molecule has 1 aromatic carbocycles. The second kappa shape index (κ2) is 8.81. The molecular formula is C25H32N2O6Si. The fourth-order valence-electron chi connectivity index (χ4n) is 5.76. The van der Waals surface area contributed by atoms with Crippen LogP contribution in [0.3, 0.4) is 0 Å². The smallest absolute Gasteiger partial charge is 0.297 e. The van der Waals surface area contributed by atoms with Crippen molar-refractivity contribution < 1.29 is 24.2 Å². The van der Waals surface area contributed by atoms with E-state index in [-0.39, 0.29) is 35.3 Å². The number of ether oxygens (including phenoxy) is 2. The Morgan fingerprint density at radius 2 is 2.03 bits per heavy atom. The van der Waals surface area contributed by atoms with E-state index in [1.165, 1.54) is 11.7 Å². The molecule has 1 fully saturated rings. The van der Waals surface area contributed by atoms with E-state index < -0.39 is 20.0 Å². The highest BCUT2D eigenvalue weighted by Gasteiger charge is 2.66. The normalized spacial score (nSPS) is 26.2. The van der Waals surface area contributed by atoms with Crippen LogP contribution in [0.4, 0.5) is 5.69 Å². The van der Waals surface area contributed by atoms with Gasteiger partial charge in [-0.25, -0.2) is 0 Å². The first-order chi connectivity index (χ1) is 16.1. The van der Waals surface area contributed by atoms with Gasteiger partial charge in [-0.2, -0.15) is 0 Å². The van der Waals surface area contributed by atoms with Crippen LogP contribution in [0.15, 0.2) is 54.0 Å². The second-order valence-electron chi connectivity index (χ2n) is 9.53. The van der Waals surface area contributed by atoms with E-state index in [0.29, 0.717) is 29.9 Å². The van der Waals surface area contributed by atoms with Crippen LogP contribution in [0, 0.1) is 5.92 Å². The first-order valence-corrected chi connectivity index (χ1v) is 14.5. The Morgan fingerprint density at radius 1 is 1.29 bits per heavy atom. The number of rotatable bonds is 7. The van der Waals surface area contributed by atoms with E-state index in [2.05, 4.69) is 6.58 Å². The van der Waals surface area contributed by atoms with E-state index in [9.17, 15) is 19.5 Å². The van der Waals surface area contributed by atoms with Gasteiger partial charge in [-0.1, -0.05) is 13.0 Å². The van der Waals surface area contributed by atoms with Crippen molar-refractivity contribution in [2.75, 3.05) is 25.2 Å². The quantitative estimate of drug-likeness (QED) is 0.463. The SMILES string of the molecule is C=CCN1C(=O)[C@@]2(O[C@@H](CCO)[C@H]([Si](C)(C)O)[C@H]2C)c2cc(-n3cccc(OC)c3=O)ccc21. The van der Waals surface area contributed by atoms with Gasteiger partial charge in [-0.15, -0.1) is 6.58 Å². The number of aliphatic hydroxyl groups is 1. The molecule has 0 unspecified atom stereocenters. The Balaban J connectivity index is 1.94. The number of hydrogen-bond acceptors (Lipinski definition) is 6. The lowest BCUT2D eigenvalue weighted by Crippen LogP contribution is -2.46. The van der Waals surface area contributed by atoms with Gasteiger partial charge in [0.1, 0.15) is 0 Å². The molecule has 1 spiro atoms. The van der Waals surface area contributed by atoms with E-state index in [1.807, 2.05) is 32.2 Å². The van der Waals surface area contributed by atoms with Gasteiger partial charge in [-0.05, 0) is 49.8 Å². The third kappa shape index (κ3) is 3.54. The molecule has 182 valence electrons. The fourth-order valence-corrected chi connectivity index (χ4v) is 8.36. The average Bonchev–Trinajstić information content (AvgIpc) is 3.21. The summed E-state index contributed by atoms with van der Waals surface area (Å²) < 4.78 is 13.2. The molecule has 3 heterocycles. The molecule has 34 heavy (non-hydrogen) atoms. The maximum atomic E-state index is 14.0. The van der Waals surface area contributed by atoms with Gasteiger partial charge in [0.25, 0.3) is 11.5 Å². The Bertz CT molecular complexity index is 1170. The number of aliphatic hydroxyl groups excluding tert-OH is 1. The summed E-state index contributed by atoms with van der Waals surface area (Å²) in [7, 11) is -1.33. The van der Waals surface area contributed by atoms with Gasteiger partial charge in [0.2, 0.25) is 0 Å². The molecule has 2 aliphatic heterocycles. The molecule has 0 bridgehead atoms. The van der Waals surface area contributed by atoms with Crippen molar-refractivity contribution in [2.24, 2.45) is 5.92 Å². The molecule has 2 N–H and O–H groups in total. The zero-order chi connectivity index (χ0) is 24.8. The van der Waals surface area contributed by atoms with Crippen LogP contribution in [0.2, 0.25) is 18.6 Å². The number of carbonyl (C=O) groups excluding carboxylic acids is 1. The number of pyridine rings is 1. The number of nitrogens with zero attached hydrogens (tertiary/aromatic N) is 2. The molecule has 0 aliphatic carbocycles. The van der Waals surface area contributed by atoms with Crippen LogP contribution in [-0.2, 0) is 15.1 Å². The van der Waals surface area contributed by atoms with Crippen molar-refractivity contribution in [1.82, 2.24) is 4.57 Å². The predicted octanol–water partition coefficient (Wildman–Crippen LogP) is 2.56. The highest BCUT2D eigenvalue weighted by molar-refractivity contribution is 6.71. The second-order valence-corrected chi connectivity index (χ2v) is 13.5. The molecular weight excluding hydrogens is 452 g/mol. The molecule has 0 saturated carbocycles. The molecule has 4 atom stereocenters. The van der Waals surface area contributed by atoms with Gasteiger partial charge in [0.15, 0.2) is 19.7 Å². The number of anilines is 1. The molecule has 1 saturated heterocycles. The van der Waals surface area contributed by atoms with Gasteiger partial charge in [0, 0.05) is 42.1 Å². The monoisotopic (exact) mass is 484 g/mol. The largest absolute Gasteiger partial charge is 0.491 e. The van der Waals surface area contributed by atoms with E-state index in [0.717, 1.165) is 0 Å². The summed E-state index contributed by atoms with van der Waals surface area (Å²) in [6.07, 6.45) is 3.17. The summed E-state index contributed by atoms with van der Waals surface area (Å²) in [5.41, 5.74) is 0.0256. The molecule has 0 radical (unpaired) electrons. The molecule has 2 aliphatic rings. The fraction of sp³-hybridized carbons (Fsp3) is 0.440. The lowest BCUT2D eigenvalue weighted by molar-refractivity contribution is -0.146. The molecule has 1 amide bonds. The van der Waals surface area contributed by atoms with Gasteiger partial charge < -0.3 is 24.3 Å². The highest BCUT2D eigenvalue weighted by atomic mass is 28.4. The van der Waals surface area contributed by atoms with Crippen LogP contribution >= 0.6 is 0 Å². The van der Waals surface area contributed by atoms with Crippen LogP contribution in [0.25, 0.3) is 5.69 Å². The van der Waals surface area contributed by atoms with Crippen LogP contribution in [-0.4, -0.2) is 55.1 Å². The van der Waals surface area contributed by atoms with Gasteiger partial charge in [0.05, 0.1) is 18.9 Å². The lowest BCUT2D eigenvalue weighted by atomic mass is 9.82. The van der Waals surface area contributed by atoms with Crippen LogP contribution in [0.1, 0.15) is 18.9 Å². The minimum atomic E-state index is -2.77. The Morgan fingerprint density at radius 3 is 2.65 bits per heavy atom. The first-order valence-electron chi connectivity index (χ1n) is 11.5. The molecule has 1 aromatic heterocycles. The summed E-state index contributed by atoms with van der Waals surface area (Å²) in [6, 6.07) is 8.75. The number of aromatic nitrogens is 1. The summed E-state index contributed by atoms with van der Waals surface area (Å²) >= 11 is 0. The maximum Gasteiger partial charge on any atom is 0.297 e. The van der Waals surface area contributed by atoms with Crippen molar-refractivity contribution in [3.63, 3.8) is 0 Å². The number of methoxy groups -OCH3 is 1. The average molecular weight is 485 g/mol. The topological polar surface area (TPSA) is 101 Å². The molecule has 9 heteroatoms. The van der Waals surface area contributed by atoms with E-state index in [4.69, 9.17) is 9.47 Å². The summed E-state index contributed by atoms with van der Waals surface area (Å²) in [4.78, 5) is 39.6. The van der Waals surface area contributed by atoms with E-state index >= 15 is 0 Å². The van der Waals surface area contributed by atoms with Crippen molar-refractivity contribution >= 4 is 19.9 Å². The van der Waals surface area contributed by atoms with Gasteiger partial charge in [-0.3, -0.25) is 14.2 Å². The number of carbonyl (C=O) groups is 1. The number of benzene rings is 1. The molecule has 2 aromatic rings. The molecule has 8 nitrogen and oxygen atoms in total. The summed E-state index contributed by atoms with van der Waals surface area (Å²) in [6.45, 7) is 9.62. The highest BCUT2D eigenvalue weighted by Crippen LogP contribution is 2.59. The Hall–Kier alpha value is -2.72. The predicted molar refractivity (Wildman–Crippen MR) is 132 cm³/mol. The van der Waals surface area contributed by atoms with E-state index in [1.54, 1.807) is 35.4 Å². The standard InChI is InChI=1S/C25H32N2O6Si/c1-6-12-27-19-10-9-17(26-13-7-8-21(32-3)23(26)29)15-18(19)25(24(27)30)16(2)22(34(4,5)31)20(33-25)11-14-28/h6-10,13,15-16,20,22,28,31H,1,11-12,14H2,2-5H3/t16-,20+,22-,25+/m1/s1. The van der Waals surface area contributed by atoms with Crippen molar-refractivity contribution in [2.45, 2.75) is 43.7 Å². The third-order valence-electron chi connectivity index (χ3n) is 7.10. The van der Waals surface area contributed by atoms with Gasteiger partial charge >= 0.3 is 0 Å². The Kier molecular flexibility index (Phi) is 6.32. The number of fused-ring (bicyclic) bond motifs is 2. The van der Waals surface area contributed by atoms with Crippen molar-refractivity contribution in [3.05, 3.63) is 65.1 Å². The molecule has 4 rings (SSSR count). The number of amides is 1. The summed E-state index contributed by atoms with van der Waals surface area (Å²) in [5, 5.41) is 9.69. The van der Waals surface area contributed by atoms with Crippen molar-refractivity contribution in [3.8, 4) is 11.4 Å². The van der Waals surface area contributed by atoms with Crippen LogP contribution < -0.4 is 15.2 Å². The zero-order valence-corrected chi connectivity index (χ0v) is 21.0. The minimum Gasteiger partial charge on any atom is -0.491 e. The first kappa shape index (κ1) is 24.4. The number of hydrogen-bond donors (Lipinski definition) is 2. The Labute approximate surface area is 200 Å².